The molecule has 0 unspecified atom stereocenters. The average molecular weight is 399 g/mol. The fourth-order valence-electron chi connectivity index (χ4n) is 2.92. The van der Waals surface area contributed by atoms with Gasteiger partial charge in [0.05, 0.1) is 12.3 Å². The second kappa shape index (κ2) is 11.4. The molecule has 8 nitrogen and oxygen atoms in total. The minimum absolute atomic E-state index is 0.0153. The highest BCUT2D eigenvalue weighted by Gasteiger charge is 2.19. The number of carbonyl (C=O) groups is 1. The van der Waals surface area contributed by atoms with Gasteiger partial charge in [-0.3, -0.25) is 14.6 Å². The average Bonchev–Trinajstić information content (AvgIpc) is 2.64. The molecule has 1 aromatic rings. The molecule has 0 spiro atoms. The van der Waals surface area contributed by atoms with Crippen LogP contribution in [-0.2, 0) is 19.6 Å². The highest BCUT2D eigenvalue weighted by Crippen LogP contribution is 2.06. The lowest BCUT2D eigenvalue weighted by Crippen LogP contribution is -2.50. The number of hydrogen-bond acceptors (Lipinski definition) is 6. The molecular weight excluding hydrogens is 368 g/mol. The highest BCUT2D eigenvalue weighted by molar-refractivity contribution is 7.89. The van der Waals surface area contributed by atoms with Crippen LogP contribution in [0.1, 0.15) is 6.42 Å². The van der Waals surface area contributed by atoms with E-state index in [1.807, 2.05) is 30.3 Å². The molecule has 1 saturated heterocycles. The number of rotatable bonds is 11. The van der Waals surface area contributed by atoms with Crippen LogP contribution in [0.2, 0.25) is 0 Å². The molecule has 0 atom stereocenters. The lowest BCUT2D eigenvalue weighted by Gasteiger charge is -2.34. The predicted molar refractivity (Wildman–Crippen MR) is 106 cm³/mol. The number of anilines is 1. The molecule has 0 aliphatic carbocycles. The fraction of sp³-hybridized carbons (Fsp3) is 0.611. The molecule has 0 saturated carbocycles. The maximum absolute atomic E-state index is 12.1. The van der Waals surface area contributed by atoms with E-state index >= 15 is 0 Å². The van der Waals surface area contributed by atoms with Crippen LogP contribution in [0.4, 0.5) is 5.69 Å². The Morgan fingerprint density at radius 1 is 1.11 bits per heavy atom. The van der Waals surface area contributed by atoms with Crippen LogP contribution in [0.3, 0.4) is 0 Å². The largest absolute Gasteiger partial charge is 0.385 e. The maximum Gasteiger partial charge on any atom is 0.238 e. The van der Waals surface area contributed by atoms with E-state index in [9.17, 15) is 13.2 Å². The number of ether oxygens (including phenoxy) is 1. The minimum Gasteiger partial charge on any atom is -0.385 e. The monoisotopic (exact) mass is 398 g/mol. The third-order valence-corrected chi connectivity index (χ3v) is 5.87. The number of sulfonamides is 1. The van der Waals surface area contributed by atoms with Crippen LogP contribution in [0.5, 0.6) is 0 Å². The van der Waals surface area contributed by atoms with Crippen molar-refractivity contribution in [3.63, 3.8) is 0 Å². The van der Waals surface area contributed by atoms with Gasteiger partial charge in [-0.2, -0.15) is 0 Å². The number of benzene rings is 1. The third kappa shape index (κ3) is 8.81. The van der Waals surface area contributed by atoms with Crippen LogP contribution >= 0.6 is 0 Å². The molecule has 27 heavy (non-hydrogen) atoms. The summed E-state index contributed by atoms with van der Waals surface area (Å²) in [5.41, 5.74) is 0.805. The summed E-state index contributed by atoms with van der Waals surface area (Å²) < 4.78 is 31.2. The van der Waals surface area contributed by atoms with Gasteiger partial charge in [0.15, 0.2) is 0 Å². The maximum atomic E-state index is 12.1. The van der Waals surface area contributed by atoms with Crippen LogP contribution in [0.25, 0.3) is 0 Å². The topological polar surface area (TPSA) is 91.0 Å². The Bertz CT molecular complexity index is 661. The summed E-state index contributed by atoms with van der Waals surface area (Å²) in [5, 5.41) is 2.89. The zero-order valence-electron chi connectivity index (χ0n) is 15.9. The van der Waals surface area contributed by atoms with Gasteiger partial charge < -0.3 is 10.1 Å². The lowest BCUT2D eigenvalue weighted by atomic mass is 10.3. The summed E-state index contributed by atoms with van der Waals surface area (Å²) in [5.74, 6) is 0.0731. The van der Waals surface area contributed by atoms with E-state index in [0.717, 1.165) is 31.9 Å². The van der Waals surface area contributed by atoms with Crippen molar-refractivity contribution in [3.05, 3.63) is 30.3 Å². The first kappa shape index (κ1) is 21.8. The number of para-hydroxylation sites is 1. The van der Waals surface area contributed by atoms with Gasteiger partial charge in [0.25, 0.3) is 0 Å². The molecule has 1 aliphatic heterocycles. The SMILES string of the molecule is COCCCS(=O)(=O)NCCN1CCN(CC(=O)Nc2ccccc2)CC1. The number of nitrogens with zero attached hydrogens (tertiary/aromatic N) is 2. The molecule has 0 radical (unpaired) electrons. The van der Waals surface area contributed by atoms with E-state index in [2.05, 4.69) is 19.8 Å². The first-order valence-electron chi connectivity index (χ1n) is 9.24. The Labute approximate surface area is 161 Å². The zero-order valence-corrected chi connectivity index (χ0v) is 16.7. The summed E-state index contributed by atoms with van der Waals surface area (Å²) in [6.45, 7) is 5.13. The van der Waals surface area contributed by atoms with Gasteiger partial charge in [0, 0.05) is 58.7 Å². The van der Waals surface area contributed by atoms with Crippen LogP contribution in [-0.4, -0.2) is 89.4 Å². The molecule has 152 valence electrons. The summed E-state index contributed by atoms with van der Waals surface area (Å²) >= 11 is 0. The standard InChI is InChI=1S/C18H30N4O4S/c1-26-14-5-15-27(24,25)19-8-9-21-10-12-22(13-11-21)16-18(23)20-17-6-3-2-4-7-17/h2-4,6-7,19H,5,8-16H2,1H3,(H,20,23). The van der Waals surface area contributed by atoms with Gasteiger partial charge in [-0.25, -0.2) is 13.1 Å². The Balaban J connectivity index is 1.60. The third-order valence-electron chi connectivity index (χ3n) is 4.40. The Morgan fingerprint density at radius 2 is 1.78 bits per heavy atom. The number of amides is 1. The first-order valence-corrected chi connectivity index (χ1v) is 10.9. The number of piperazine rings is 1. The highest BCUT2D eigenvalue weighted by atomic mass is 32.2. The Hall–Kier alpha value is -1.52. The molecule has 1 aliphatic rings. The van der Waals surface area contributed by atoms with Crippen LogP contribution in [0, 0.1) is 0 Å². The van der Waals surface area contributed by atoms with Crippen molar-refractivity contribution in [2.45, 2.75) is 6.42 Å². The van der Waals surface area contributed by atoms with Crippen molar-refractivity contribution >= 4 is 21.6 Å². The van der Waals surface area contributed by atoms with Gasteiger partial charge in [0.1, 0.15) is 0 Å². The molecule has 2 rings (SSSR count). The van der Waals surface area contributed by atoms with Crippen molar-refractivity contribution in [2.75, 3.05) is 70.6 Å². The van der Waals surface area contributed by atoms with Gasteiger partial charge in [-0.15, -0.1) is 0 Å². The van der Waals surface area contributed by atoms with Gasteiger partial charge in [0.2, 0.25) is 15.9 Å². The number of hydrogen-bond donors (Lipinski definition) is 2. The number of nitrogens with one attached hydrogen (secondary N) is 2. The zero-order chi connectivity index (χ0) is 19.5. The summed E-state index contributed by atoms with van der Waals surface area (Å²) in [6, 6.07) is 9.42. The summed E-state index contributed by atoms with van der Waals surface area (Å²) in [6.07, 6.45) is 0.496. The van der Waals surface area contributed by atoms with Crippen molar-refractivity contribution in [1.29, 1.82) is 0 Å². The second-order valence-corrected chi connectivity index (χ2v) is 8.52. The second-order valence-electron chi connectivity index (χ2n) is 6.59. The molecule has 9 heteroatoms. The van der Waals surface area contributed by atoms with Crippen LogP contribution in [0.15, 0.2) is 30.3 Å². The van der Waals surface area contributed by atoms with E-state index in [0.29, 0.717) is 32.7 Å². The van der Waals surface area contributed by atoms with Crippen molar-refractivity contribution in [3.8, 4) is 0 Å². The molecule has 1 fully saturated rings. The van der Waals surface area contributed by atoms with Crippen molar-refractivity contribution < 1.29 is 17.9 Å². The van der Waals surface area contributed by atoms with Gasteiger partial charge in [-0.1, -0.05) is 18.2 Å². The number of methoxy groups -OCH3 is 1. The predicted octanol–water partition coefficient (Wildman–Crippen LogP) is 0.199. The summed E-state index contributed by atoms with van der Waals surface area (Å²) in [7, 11) is -1.67. The fourth-order valence-corrected chi connectivity index (χ4v) is 3.97. The van der Waals surface area contributed by atoms with E-state index in [1.54, 1.807) is 7.11 Å². The Kier molecular flexibility index (Phi) is 9.16. The van der Waals surface area contributed by atoms with Crippen LogP contribution < -0.4 is 10.0 Å². The van der Waals surface area contributed by atoms with E-state index in [1.165, 1.54) is 0 Å². The molecular formula is C18H30N4O4S. The van der Waals surface area contributed by atoms with E-state index in [-0.39, 0.29) is 11.7 Å². The quantitative estimate of drug-likeness (QED) is 0.518. The Morgan fingerprint density at radius 3 is 2.44 bits per heavy atom. The molecule has 2 N–H and O–H groups in total. The molecule has 1 heterocycles. The summed E-state index contributed by atoms with van der Waals surface area (Å²) in [4.78, 5) is 16.4. The van der Waals surface area contributed by atoms with Gasteiger partial charge in [-0.05, 0) is 18.6 Å². The van der Waals surface area contributed by atoms with Crippen molar-refractivity contribution in [2.24, 2.45) is 0 Å². The molecule has 1 amide bonds. The smallest absolute Gasteiger partial charge is 0.238 e. The van der Waals surface area contributed by atoms with E-state index < -0.39 is 10.0 Å². The number of carbonyl (C=O) groups excluding carboxylic acids is 1. The van der Waals surface area contributed by atoms with Crippen molar-refractivity contribution in [1.82, 2.24) is 14.5 Å². The first-order chi connectivity index (χ1) is 13.0. The molecule has 1 aromatic carbocycles. The lowest BCUT2D eigenvalue weighted by molar-refractivity contribution is -0.117. The molecule has 0 bridgehead atoms. The normalized spacial score (nSPS) is 16.3. The van der Waals surface area contributed by atoms with Gasteiger partial charge >= 0.3 is 0 Å². The minimum atomic E-state index is -3.23. The molecule has 0 aromatic heterocycles. The van der Waals surface area contributed by atoms with E-state index in [4.69, 9.17) is 4.74 Å².